The molecule has 2 nitrogen and oxygen atoms in total. The lowest BCUT2D eigenvalue weighted by Crippen LogP contribution is -2.04. The predicted octanol–water partition coefficient (Wildman–Crippen LogP) is 5.79. The molecule has 0 saturated heterocycles. The van der Waals surface area contributed by atoms with Crippen molar-refractivity contribution in [1.82, 2.24) is 0 Å². The quantitative estimate of drug-likeness (QED) is 0.523. The van der Waals surface area contributed by atoms with Gasteiger partial charge in [-0.3, -0.25) is 0 Å². The number of carbonyl (C=O) groups is 1. The zero-order valence-corrected chi connectivity index (χ0v) is 14.9. The van der Waals surface area contributed by atoms with Crippen LogP contribution < -0.4 is 0 Å². The van der Waals surface area contributed by atoms with E-state index in [1.165, 1.54) is 30.4 Å². The molecule has 1 saturated carbocycles. The van der Waals surface area contributed by atoms with Crippen LogP contribution in [0.4, 0.5) is 0 Å². The Hall–Kier alpha value is -2.35. The summed E-state index contributed by atoms with van der Waals surface area (Å²) in [5.41, 5.74) is 7.44. The summed E-state index contributed by atoms with van der Waals surface area (Å²) in [7, 11) is 0. The lowest BCUT2D eigenvalue weighted by Gasteiger charge is -2.16. The maximum Gasteiger partial charge on any atom is 0.338 e. The third kappa shape index (κ3) is 3.02. The Labute approximate surface area is 149 Å². The summed E-state index contributed by atoms with van der Waals surface area (Å²) >= 11 is 0. The van der Waals surface area contributed by atoms with E-state index in [-0.39, 0.29) is 5.97 Å². The van der Waals surface area contributed by atoms with Gasteiger partial charge < -0.3 is 4.74 Å². The first-order chi connectivity index (χ1) is 12.2. The van der Waals surface area contributed by atoms with Gasteiger partial charge in [0.2, 0.25) is 0 Å². The molecular weight excluding hydrogens is 308 g/mol. The van der Waals surface area contributed by atoms with Crippen LogP contribution in [0, 0.1) is 0 Å². The van der Waals surface area contributed by atoms with Gasteiger partial charge in [-0.15, -0.1) is 0 Å². The summed E-state index contributed by atoms with van der Waals surface area (Å²) < 4.78 is 5.03. The Balaban J connectivity index is 1.56. The smallest absolute Gasteiger partial charge is 0.338 e. The lowest BCUT2D eigenvalue weighted by molar-refractivity contribution is 0.0526. The number of hydrogen-bond donors (Lipinski definition) is 0. The highest BCUT2D eigenvalue weighted by molar-refractivity contribution is 5.90. The maximum atomic E-state index is 11.7. The van der Waals surface area contributed by atoms with Crippen LogP contribution in [0.15, 0.2) is 42.5 Å². The third-order valence-corrected chi connectivity index (χ3v) is 5.66. The Kier molecular flexibility index (Phi) is 4.20. The number of ether oxygens (including phenoxy) is 1. The summed E-state index contributed by atoms with van der Waals surface area (Å²) in [5, 5.41) is 0. The molecule has 2 heteroatoms. The highest BCUT2D eigenvalue weighted by Crippen LogP contribution is 2.53. The fourth-order valence-corrected chi connectivity index (χ4v) is 4.36. The van der Waals surface area contributed by atoms with E-state index in [4.69, 9.17) is 4.74 Å². The van der Waals surface area contributed by atoms with Gasteiger partial charge in [0.1, 0.15) is 0 Å². The van der Waals surface area contributed by atoms with Gasteiger partial charge in [-0.2, -0.15) is 0 Å². The molecule has 2 aliphatic carbocycles. The second kappa shape index (κ2) is 6.51. The molecule has 2 aromatic rings. The van der Waals surface area contributed by atoms with Crippen molar-refractivity contribution >= 4 is 17.6 Å². The van der Waals surface area contributed by atoms with Crippen LogP contribution in [0.25, 0.3) is 11.6 Å². The van der Waals surface area contributed by atoms with Crippen molar-refractivity contribution in [3.05, 3.63) is 70.3 Å². The minimum Gasteiger partial charge on any atom is -0.462 e. The second-order valence-corrected chi connectivity index (χ2v) is 7.22. The predicted molar refractivity (Wildman–Crippen MR) is 102 cm³/mol. The first-order valence-corrected chi connectivity index (χ1v) is 9.25. The number of benzene rings is 2. The van der Waals surface area contributed by atoms with E-state index >= 15 is 0 Å². The first kappa shape index (κ1) is 16.1. The molecule has 0 aliphatic heterocycles. The maximum absolute atomic E-state index is 11.7. The van der Waals surface area contributed by atoms with E-state index in [1.807, 2.05) is 31.2 Å². The Morgan fingerprint density at radius 2 is 1.72 bits per heavy atom. The van der Waals surface area contributed by atoms with Crippen molar-refractivity contribution in [2.45, 2.75) is 44.9 Å². The molecular formula is C23H24O2. The van der Waals surface area contributed by atoms with E-state index in [9.17, 15) is 4.79 Å². The van der Waals surface area contributed by atoms with Crippen LogP contribution in [-0.2, 0) is 4.74 Å². The van der Waals surface area contributed by atoms with E-state index in [2.05, 4.69) is 31.2 Å². The van der Waals surface area contributed by atoms with Crippen molar-refractivity contribution in [3.8, 4) is 0 Å². The number of allylic oxidation sites excluding steroid dienone is 1. The third-order valence-electron chi connectivity index (χ3n) is 5.66. The van der Waals surface area contributed by atoms with Gasteiger partial charge in [0, 0.05) is 0 Å². The van der Waals surface area contributed by atoms with Crippen molar-refractivity contribution < 1.29 is 9.53 Å². The molecule has 2 atom stereocenters. The molecule has 25 heavy (non-hydrogen) atoms. The van der Waals surface area contributed by atoms with Gasteiger partial charge in [-0.1, -0.05) is 36.4 Å². The van der Waals surface area contributed by atoms with Crippen molar-refractivity contribution in [2.24, 2.45) is 0 Å². The molecule has 0 heterocycles. The fourth-order valence-electron chi connectivity index (χ4n) is 4.36. The average molecular weight is 332 g/mol. The molecule has 0 aromatic heterocycles. The van der Waals surface area contributed by atoms with Gasteiger partial charge in [-0.05, 0) is 84.9 Å². The highest BCUT2D eigenvalue weighted by atomic mass is 16.5. The standard InChI is InChI=1S/C23H24O2/c1-3-25-23(24)17-6-4-16(5-7-17)12-15(2)18-10-11-21-19-8-9-20(13-19)22(21)14-18/h4-7,10-12,14,19-20H,3,8-9,13H2,1-2H3/t19-,20+/m1/s1. The summed E-state index contributed by atoms with van der Waals surface area (Å²) in [6.07, 6.45) is 6.28. The molecule has 2 aliphatic rings. The monoisotopic (exact) mass is 332 g/mol. The number of rotatable bonds is 4. The number of fused-ring (bicyclic) bond motifs is 5. The molecule has 2 aromatic carbocycles. The Morgan fingerprint density at radius 1 is 1.04 bits per heavy atom. The molecule has 0 amide bonds. The molecule has 0 spiro atoms. The molecule has 0 unspecified atom stereocenters. The largest absolute Gasteiger partial charge is 0.462 e. The number of carbonyl (C=O) groups excluding carboxylic acids is 1. The summed E-state index contributed by atoms with van der Waals surface area (Å²) in [5.74, 6) is 1.34. The SMILES string of the molecule is CCOC(=O)c1ccc(C=C(C)c2ccc3c(c2)[C@H]2CC[C@@H]3C2)cc1. The van der Waals surface area contributed by atoms with Gasteiger partial charge in [0.05, 0.1) is 12.2 Å². The molecule has 128 valence electrons. The van der Waals surface area contributed by atoms with E-state index in [0.29, 0.717) is 12.2 Å². The zero-order valence-electron chi connectivity index (χ0n) is 14.9. The van der Waals surface area contributed by atoms with Gasteiger partial charge in [0.15, 0.2) is 0 Å². The highest BCUT2D eigenvalue weighted by Gasteiger charge is 2.36. The average Bonchev–Trinajstić information content (AvgIpc) is 3.24. The lowest BCUT2D eigenvalue weighted by atomic mass is 9.89. The fraction of sp³-hybridized carbons (Fsp3) is 0.348. The summed E-state index contributed by atoms with van der Waals surface area (Å²) in [6.45, 7) is 4.38. The van der Waals surface area contributed by atoms with Gasteiger partial charge in [0.25, 0.3) is 0 Å². The summed E-state index contributed by atoms with van der Waals surface area (Å²) in [4.78, 5) is 11.7. The molecule has 1 fully saturated rings. The first-order valence-electron chi connectivity index (χ1n) is 9.25. The van der Waals surface area contributed by atoms with Crippen molar-refractivity contribution in [3.63, 3.8) is 0 Å². The van der Waals surface area contributed by atoms with Crippen LogP contribution in [0.3, 0.4) is 0 Å². The zero-order chi connectivity index (χ0) is 17.4. The number of esters is 1. The van der Waals surface area contributed by atoms with Crippen molar-refractivity contribution in [2.75, 3.05) is 6.61 Å². The van der Waals surface area contributed by atoms with E-state index in [1.54, 1.807) is 11.1 Å². The topological polar surface area (TPSA) is 26.3 Å². The minimum absolute atomic E-state index is 0.261. The van der Waals surface area contributed by atoms with Crippen LogP contribution >= 0.6 is 0 Å². The second-order valence-electron chi connectivity index (χ2n) is 7.22. The molecule has 0 radical (unpaired) electrons. The molecule has 0 N–H and O–H groups in total. The van der Waals surface area contributed by atoms with E-state index < -0.39 is 0 Å². The van der Waals surface area contributed by atoms with Gasteiger partial charge >= 0.3 is 5.97 Å². The van der Waals surface area contributed by atoms with E-state index in [0.717, 1.165) is 17.4 Å². The Bertz CT molecular complexity index is 830. The Morgan fingerprint density at radius 3 is 2.44 bits per heavy atom. The van der Waals surface area contributed by atoms with Crippen LogP contribution in [0.1, 0.15) is 77.6 Å². The van der Waals surface area contributed by atoms with Gasteiger partial charge in [-0.25, -0.2) is 4.79 Å². The van der Waals surface area contributed by atoms with Crippen LogP contribution in [-0.4, -0.2) is 12.6 Å². The minimum atomic E-state index is -0.261. The van der Waals surface area contributed by atoms with Crippen molar-refractivity contribution in [1.29, 1.82) is 0 Å². The summed E-state index contributed by atoms with van der Waals surface area (Å²) in [6, 6.07) is 14.6. The molecule has 2 bridgehead atoms. The number of hydrogen-bond acceptors (Lipinski definition) is 2. The van der Waals surface area contributed by atoms with Crippen LogP contribution in [0.2, 0.25) is 0 Å². The van der Waals surface area contributed by atoms with Crippen LogP contribution in [0.5, 0.6) is 0 Å². The molecule has 4 rings (SSSR count). The normalized spacial score (nSPS) is 21.3.